The molecule has 1 N–H and O–H groups in total. The Morgan fingerprint density at radius 3 is 2.50 bits per heavy atom. The standard InChI is InChI=1S/C6H9FO/c1-3-4-6(8)5(2)7/h3,6,8H,1-2,4H2. The summed E-state index contributed by atoms with van der Waals surface area (Å²) in [5.74, 6) is -0.704. The molecule has 0 fully saturated rings. The number of rotatable bonds is 3. The predicted molar refractivity (Wildman–Crippen MR) is 31.1 cm³/mol. The van der Waals surface area contributed by atoms with Crippen LogP contribution in [0.5, 0.6) is 0 Å². The van der Waals surface area contributed by atoms with E-state index in [4.69, 9.17) is 5.11 Å². The summed E-state index contributed by atoms with van der Waals surface area (Å²) in [6, 6.07) is 0. The van der Waals surface area contributed by atoms with Crippen LogP contribution in [0.2, 0.25) is 0 Å². The maximum Gasteiger partial charge on any atom is 0.122 e. The number of aliphatic hydroxyl groups is 1. The van der Waals surface area contributed by atoms with Gasteiger partial charge < -0.3 is 5.11 Å². The van der Waals surface area contributed by atoms with E-state index in [2.05, 4.69) is 13.2 Å². The van der Waals surface area contributed by atoms with E-state index in [1.54, 1.807) is 0 Å². The molecule has 1 atom stereocenters. The van der Waals surface area contributed by atoms with Gasteiger partial charge in [-0.15, -0.1) is 6.58 Å². The zero-order chi connectivity index (χ0) is 6.57. The Kier molecular flexibility index (Phi) is 3.12. The second-order valence-corrected chi connectivity index (χ2v) is 1.49. The summed E-state index contributed by atoms with van der Waals surface area (Å²) in [6.45, 7) is 6.22. The van der Waals surface area contributed by atoms with Gasteiger partial charge >= 0.3 is 0 Å². The molecule has 0 aliphatic rings. The zero-order valence-electron chi connectivity index (χ0n) is 4.60. The zero-order valence-corrected chi connectivity index (χ0v) is 4.60. The highest BCUT2D eigenvalue weighted by molar-refractivity contribution is 4.92. The van der Waals surface area contributed by atoms with E-state index < -0.39 is 11.9 Å². The van der Waals surface area contributed by atoms with E-state index in [1.165, 1.54) is 6.08 Å². The Morgan fingerprint density at radius 1 is 1.88 bits per heavy atom. The first-order valence-electron chi connectivity index (χ1n) is 2.31. The summed E-state index contributed by atoms with van der Waals surface area (Å²) in [5.41, 5.74) is 0. The summed E-state index contributed by atoms with van der Waals surface area (Å²) < 4.78 is 11.8. The molecule has 0 aromatic carbocycles. The Labute approximate surface area is 48.1 Å². The Balaban J connectivity index is 3.46. The molecule has 0 bridgehead atoms. The van der Waals surface area contributed by atoms with Crippen molar-refractivity contribution in [3.8, 4) is 0 Å². The van der Waals surface area contributed by atoms with Crippen LogP contribution in [0.3, 0.4) is 0 Å². The molecule has 1 nitrogen and oxygen atoms in total. The molecule has 2 heteroatoms. The van der Waals surface area contributed by atoms with Gasteiger partial charge in [0.05, 0.1) is 0 Å². The van der Waals surface area contributed by atoms with Crippen LogP contribution in [0.4, 0.5) is 4.39 Å². The van der Waals surface area contributed by atoms with Gasteiger partial charge in [-0.05, 0) is 6.42 Å². The second-order valence-electron chi connectivity index (χ2n) is 1.49. The van der Waals surface area contributed by atoms with Crippen molar-refractivity contribution in [1.82, 2.24) is 0 Å². The number of hydrogen-bond donors (Lipinski definition) is 1. The van der Waals surface area contributed by atoms with Crippen LogP contribution in [0.15, 0.2) is 25.1 Å². The van der Waals surface area contributed by atoms with Gasteiger partial charge in [0.1, 0.15) is 11.9 Å². The van der Waals surface area contributed by atoms with E-state index >= 15 is 0 Å². The van der Waals surface area contributed by atoms with Crippen LogP contribution < -0.4 is 0 Å². The van der Waals surface area contributed by atoms with Crippen molar-refractivity contribution in [2.24, 2.45) is 0 Å². The van der Waals surface area contributed by atoms with Crippen LogP contribution in [-0.2, 0) is 0 Å². The molecule has 0 saturated heterocycles. The average molecular weight is 116 g/mol. The van der Waals surface area contributed by atoms with Gasteiger partial charge in [-0.2, -0.15) is 0 Å². The van der Waals surface area contributed by atoms with Crippen molar-refractivity contribution in [2.45, 2.75) is 12.5 Å². The SMILES string of the molecule is C=CCC(O)C(=C)F. The topological polar surface area (TPSA) is 20.2 Å². The summed E-state index contributed by atoms with van der Waals surface area (Å²) >= 11 is 0. The Hall–Kier alpha value is -0.630. The van der Waals surface area contributed by atoms with Gasteiger partial charge in [-0.25, -0.2) is 4.39 Å². The molecule has 0 aliphatic carbocycles. The highest BCUT2D eigenvalue weighted by atomic mass is 19.1. The lowest BCUT2D eigenvalue weighted by Crippen LogP contribution is -2.03. The van der Waals surface area contributed by atoms with Crippen molar-refractivity contribution >= 4 is 0 Å². The van der Waals surface area contributed by atoms with Crippen LogP contribution in [-0.4, -0.2) is 11.2 Å². The molecule has 8 heavy (non-hydrogen) atoms. The van der Waals surface area contributed by atoms with Crippen LogP contribution in [0, 0.1) is 0 Å². The van der Waals surface area contributed by atoms with Crippen molar-refractivity contribution < 1.29 is 9.50 Å². The first-order valence-corrected chi connectivity index (χ1v) is 2.31. The lowest BCUT2D eigenvalue weighted by molar-refractivity contribution is 0.186. The molecule has 0 saturated carbocycles. The van der Waals surface area contributed by atoms with Crippen LogP contribution in [0.25, 0.3) is 0 Å². The molecule has 0 aromatic heterocycles. The molecule has 0 radical (unpaired) electrons. The molecule has 0 heterocycles. The fraction of sp³-hybridized carbons (Fsp3) is 0.333. The van der Waals surface area contributed by atoms with Crippen LogP contribution in [0.1, 0.15) is 6.42 Å². The van der Waals surface area contributed by atoms with Gasteiger partial charge in [-0.3, -0.25) is 0 Å². The summed E-state index contributed by atoms with van der Waals surface area (Å²) in [5, 5.41) is 8.58. The fourth-order valence-corrected chi connectivity index (χ4v) is 0.286. The normalized spacial score (nSPS) is 12.8. The van der Waals surface area contributed by atoms with Crippen molar-refractivity contribution in [3.05, 3.63) is 25.1 Å². The summed E-state index contributed by atoms with van der Waals surface area (Å²) in [6.07, 6.45) is 0.609. The van der Waals surface area contributed by atoms with Crippen molar-refractivity contribution in [3.63, 3.8) is 0 Å². The van der Waals surface area contributed by atoms with E-state index in [-0.39, 0.29) is 6.42 Å². The van der Waals surface area contributed by atoms with E-state index in [0.717, 1.165) is 0 Å². The molecule has 1 unspecified atom stereocenters. The Morgan fingerprint density at radius 2 is 2.38 bits per heavy atom. The lowest BCUT2D eigenvalue weighted by Gasteiger charge is -2.00. The maximum atomic E-state index is 11.8. The van der Waals surface area contributed by atoms with Gasteiger partial charge in [0.15, 0.2) is 0 Å². The van der Waals surface area contributed by atoms with Crippen molar-refractivity contribution in [2.75, 3.05) is 0 Å². The number of hydrogen-bond acceptors (Lipinski definition) is 1. The minimum absolute atomic E-state index is 0.231. The van der Waals surface area contributed by atoms with Gasteiger partial charge in [-0.1, -0.05) is 12.7 Å². The largest absolute Gasteiger partial charge is 0.386 e. The minimum Gasteiger partial charge on any atom is -0.386 e. The first kappa shape index (κ1) is 7.37. The van der Waals surface area contributed by atoms with Gasteiger partial charge in [0.25, 0.3) is 0 Å². The quantitative estimate of drug-likeness (QED) is 0.553. The molecule has 0 amide bonds. The van der Waals surface area contributed by atoms with E-state index in [1.807, 2.05) is 0 Å². The molecule has 0 aliphatic heterocycles. The van der Waals surface area contributed by atoms with E-state index in [0.29, 0.717) is 0 Å². The fourth-order valence-electron chi connectivity index (χ4n) is 0.286. The third kappa shape index (κ3) is 2.53. The minimum atomic E-state index is -1.06. The third-order valence-corrected chi connectivity index (χ3v) is 0.751. The number of aliphatic hydroxyl groups excluding tert-OH is 1. The molecule has 0 rings (SSSR count). The molecule has 0 aromatic rings. The molecule has 0 spiro atoms. The Bertz CT molecular complexity index is 98.7. The van der Waals surface area contributed by atoms with Crippen LogP contribution >= 0.6 is 0 Å². The maximum absolute atomic E-state index is 11.8. The summed E-state index contributed by atoms with van der Waals surface area (Å²) in [7, 11) is 0. The molecular weight excluding hydrogens is 107 g/mol. The average Bonchev–Trinajstić information content (AvgIpc) is 1.67. The second kappa shape index (κ2) is 3.38. The summed E-state index contributed by atoms with van der Waals surface area (Å²) in [4.78, 5) is 0. The molecular formula is C6H9FO. The van der Waals surface area contributed by atoms with Crippen molar-refractivity contribution in [1.29, 1.82) is 0 Å². The lowest BCUT2D eigenvalue weighted by atomic mass is 10.2. The van der Waals surface area contributed by atoms with Gasteiger partial charge in [0.2, 0.25) is 0 Å². The molecule has 46 valence electrons. The highest BCUT2D eigenvalue weighted by Gasteiger charge is 2.02. The van der Waals surface area contributed by atoms with E-state index in [9.17, 15) is 4.39 Å². The third-order valence-electron chi connectivity index (χ3n) is 0.751. The smallest absolute Gasteiger partial charge is 0.122 e. The first-order chi connectivity index (χ1) is 3.68. The van der Waals surface area contributed by atoms with Gasteiger partial charge in [0, 0.05) is 0 Å². The number of halogens is 1. The predicted octanol–water partition coefficient (Wildman–Crippen LogP) is 1.41. The monoisotopic (exact) mass is 116 g/mol. The highest BCUT2D eigenvalue weighted by Crippen LogP contribution is 2.03.